The monoisotopic (exact) mass is 457 g/mol. The molecule has 30 heavy (non-hydrogen) atoms. The topological polar surface area (TPSA) is 92.8 Å². The molecule has 154 valence electrons. The van der Waals surface area contributed by atoms with Crippen LogP contribution in [0.25, 0.3) is 21.3 Å². The first kappa shape index (κ1) is 19.7. The van der Waals surface area contributed by atoms with Crippen molar-refractivity contribution >= 4 is 49.8 Å². The maximum Gasteiger partial charge on any atom is 0.260 e. The van der Waals surface area contributed by atoms with E-state index in [1.165, 1.54) is 34.4 Å². The minimum Gasteiger partial charge on any atom is -0.376 e. The summed E-state index contributed by atoms with van der Waals surface area (Å²) >= 11 is 4.51. The number of benzene rings is 1. The van der Waals surface area contributed by atoms with E-state index >= 15 is 0 Å². The van der Waals surface area contributed by atoms with E-state index in [-0.39, 0.29) is 11.7 Å². The van der Waals surface area contributed by atoms with Gasteiger partial charge in [0.2, 0.25) is 5.13 Å². The van der Waals surface area contributed by atoms with Crippen molar-refractivity contribution in [2.45, 2.75) is 29.0 Å². The number of aromatic amines is 1. The second-order valence-corrected chi connectivity index (χ2v) is 9.94. The third-order valence-electron chi connectivity index (χ3n) is 4.82. The Morgan fingerprint density at radius 2 is 2.17 bits per heavy atom. The van der Waals surface area contributed by atoms with Gasteiger partial charge in [-0.25, -0.2) is 4.98 Å². The number of thiophene rings is 1. The van der Waals surface area contributed by atoms with E-state index in [0.717, 1.165) is 51.4 Å². The molecule has 5 rings (SSSR count). The standard InChI is InChI=1S/C20H19N5O2S3/c26-17-16-14(12-5-2-1-3-6-12)10-28-18(16)23-15(22-17)11-29-20-25-24-19(30-20)21-9-13-7-4-8-27-13/h1-3,5-6,10,13H,4,7-9,11H2,(H,21,24)(H,22,23,26). The van der Waals surface area contributed by atoms with E-state index in [1.807, 2.05) is 35.7 Å². The number of aromatic nitrogens is 4. The molecule has 3 aromatic heterocycles. The summed E-state index contributed by atoms with van der Waals surface area (Å²) in [4.78, 5) is 21.1. The predicted octanol–water partition coefficient (Wildman–Crippen LogP) is 4.39. The molecule has 0 aliphatic carbocycles. The molecule has 2 N–H and O–H groups in total. The number of rotatable bonds is 7. The first-order valence-electron chi connectivity index (χ1n) is 9.64. The van der Waals surface area contributed by atoms with Crippen molar-refractivity contribution in [2.24, 2.45) is 0 Å². The summed E-state index contributed by atoms with van der Waals surface area (Å²) in [5.74, 6) is 1.17. The fourth-order valence-electron chi connectivity index (χ4n) is 3.37. The van der Waals surface area contributed by atoms with Crippen LogP contribution in [-0.2, 0) is 10.5 Å². The molecule has 1 saturated heterocycles. The average Bonchev–Trinajstić information content (AvgIpc) is 3.52. The van der Waals surface area contributed by atoms with Crippen molar-refractivity contribution < 1.29 is 4.74 Å². The zero-order valence-corrected chi connectivity index (χ0v) is 18.4. The lowest BCUT2D eigenvalue weighted by Crippen LogP contribution is -2.18. The van der Waals surface area contributed by atoms with Gasteiger partial charge in [-0.15, -0.1) is 21.5 Å². The van der Waals surface area contributed by atoms with Gasteiger partial charge in [-0.2, -0.15) is 0 Å². The van der Waals surface area contributed by atoms with Gasteiger partial charge in [-0.1, -0.05) is 53.4 Å². The summed E-state index contributed by atoms with van der Waals surface area (Å²) < 4.78 is 6.45. The molecule has 1 aromatic carbocycles. The van der Waals surface area contributed by atoms with Crippen molar-refractivity contribution in [1.82, 2.24) is 20.2 Å². The van der Waals surface area contributed by atoms with Gasteiger partial charge in [-0.3, -0.25) is 4.79 Å². The minimum atomic E-state index is -0.105. The number of hydrogen-bond donors (Lipinski definition) is 2. The van der Waals surface area contributed by atoms with E-state index in [1.54, 1.807) is 0 Å². The highest BCUT2D eigenvalue weighted by molar-refractivity contribution is 8.00. The lowest BCUT2D eigenvalue weighted by Gasteiger charge is -2.08. The Kier molecular flexibility index (Phi) is 5.80. The first-order valence-corrected chi connectivity index (χ1v) is 12.3. The maximum atomic E-state index is 12.7. The zero-order valence-electron chi connectivity index (χ0n) is 16.0. The van der Waals surface area contributed by atoms with Crippen molar-refractivity contribution in [3.63, 3.8) is 0 Å². The number of anilines is 1. The minimum absolute atomic E-state index is 0.105. The molecule has 1 aliphatic rings. The van der Waals surface area contributed by atoms with Gasteiger partial charge in [0.25, 0.3) is 5.56 Å². The van der Waals surface area contributed by atoms with Gasteiger partial charge in [0.05, 0.1) is 17.2 Å². The second kappa shape index (κ2) is 8.84. The van der Waals surface area contributed by atoms with Gasteiger partial charge in [-0.05, 0) is 18.4 Å². The molecule has 1 unspecified atom stereocenters. The molecule has 1 atom stereocenters. The third-order valence-corrected chi connectivity index (χ3v) is 7.72. The maximum absolute atomic E-state index is 12.7. The van der Waals surface area contributed by atoms with Crippen LogP contribution in [0.5, 0.6) is 0 Å². The number of H-pyrrole nitrogens is 1. The van der Waals surface area contributed by atoms with Crippen molar-refractivity contribution in [3.05, 3.63) is 51.9 Å². The molecule has 1 aliphatic heterocycles. The van der Waals surface area contributed by atoms with Gasteiger partial charge >= 0.3 is 0 Å². The molecule has 10 heteroatoms. The van der Waals surface area contributed by atoms with Crippen LogP contribution in [0, 0.1) is 0 Å². The van der Waals surface area contributed by atoms with Crippen molar-refractivity contribution in [2.75, 3.05) is 18.5 Å². The molecule has 4 heterocycles. The summed E-state index contributed by atoms with van der Waals surface area (Å²) in [7, 11) is 0. The quantitative estimate of drug-likeness (QED) is 0.398. The van der Waals surface area contributed by atoms with Gasteiger partial charge in [0.1, 0.15) is 10.7 Å². The van der Waals surface area contributed by atoms with E-state index in [2.05, 4.69) is 25.5 Å². The molecule has 7 nitrogen and oxygen atoms in total. The van der Waals surface area contributed by atoms with E-state index in [9.17, 15) is 4.79 Å². The zero-order chi connectivity index (χ0) is 20.3. The van der Waals surface area contributed by atoms with Crippen LogP contribution >= 0.6 is 34.4 Å². The molecule has 0 saturated carbocycles. The van der Waals surface area contributed by atoms with Crippen LogP contribution in [0.2, 0.25) is 0 Å². The van der Waals surface area contributed by atoms with Crippen LogP contribution in [0.3, 0.4) is 0 Å². The van der Waals surface area contributed by atoms with Gasteiger partial charge in [0, 0.05) is 24.1 Å². The molecule has 0 bridgehead atoms. The fourth-order valence-corrected chi connectivity index (χ4v) is 5.96. The van der Waals surface area contributed by atoms with Gasteiger partial charge < -0.3 is 15.0 Å². The molecular weight excluding hydrogens is 438 g/mol. The third kappa shape index (κ3) is 4.27. The van der Waals surface area contributed by atoms with Crippen LogP contribution in [0.4, 0.5) is 5.13 Å². The highest BCUT2D eigenvalue weighted by Gasteiger charge is 2.16. The van der Waals surface area contributed by atoms with Crippen molar-refractivity contribution in [3.8, 4) is 11.1 Å². The molecule has 1 fully saturated rings. The Labute approximate surface area is 184 Å². The summed E-state index contributed by atoms with van der Waals surface area (Å²) in [6.45, 7) is 1.60. The number of ether oxygens (including phenoxy) is 1. The number of nitrogens with one attached hydrogen (secondary N) is 2. The van der Waals surface area contributed by atoms with Crippen LogP contribution in [0.15, 0.2) is 44.8 Å². The van der Waals surface area contributed by atoms with Crippen LogP contribution in [-0.4, -0.2) is 39.4 Å². The number of hydrogen-bond acceptors (Lipinski definition) is 9. The van der Waals surface area contributed by atoms with E-state index < -0.39 is 0 Å². The summed E-state index contributed by atoms with van der Waals surface area (Å²) in [6, 6.07) is 9.91. The molecule has 0 radical (unpaired) electrons. The number of nitrogens with zero attached hydrogens (tertiary/aromatic N) is 3. The van der Waals surface area contributed by atoms with Crippen LogP contribution in [0.1, 0.15) is 18.7 Å². The molecule has 0 spiro atoms. The number of thioether (sulfide) groups is 1. The first-order chi connectivity index (χ1) is 14.8. The van der Waals surface area contributed by atoms with E-state index in [0.29, 0.717) is 17.0 Å². The predicted molar refractivity (Wildman–Crippen MR) is 123 cm³/mol. The molecular formula is C20H19N5O2S3. The highest BCUT2D eigenvalue weighted by atomic mass is 32.2. The normalized spacial score (nSPS) is 16.3. The Morgan fingerprint density at radius 1 is 1.27 bits per heavy atom. The molecule has 0 amide bonds. The Hall–Kier alpha value is -2.27. The average molecular weight is 458 g/mol. The van der Waals surface area contributed by atoms with Gasteiger partial charge in [0.15, 0.2) is 4.34 Å². The summed E-state index contributed by atoms with van der Waals surface area (Å²) in [5, 5.41) is 15.1. The smallest absolute Gasteiger partial charge is 0.260 e. The Balaban J connectivity index is 1.27. The lowest BCUT2D eigenvalue weighted by molar-refractivity contribution is 0.120. The highest BCUT2D eigenvalue weighted by Crippen LogP contribution is 2.32. The van der Waals surface area contributed by atoms with E-state index in [4.69, 9.17) is 4.74 Å². The Morgan fingerprint density at radius 3 is 3.00 bits per heavy atom. The Bertz CT molecular complexity index is 1200. The number of fused-ring (bicyclic) bond motifs is 1. The lowest BCUT2D eigenvalue weighted by atomic mass is 10.1. The second-order valence-electron chi connectivity index (χ2n) is 6.89. The van der Waals surface area contributed by atoms with Crippen molar-refractivity contribution in [1.29, 1.82) is 0 Å². The fraction of sp³-hybridized carbons (Fsp3) is 0.300. The largest absolute Gasteiger partial charge is 0.376 e. The summed E-state index contributed by atoms with van der Waals surface area (Å²) in [6.07, 6.45) is 2.47. The molecule has 4 aromatic rings. The summed E-state index contributed by atoms with van der Waals surface area (Å²) in [5.41, 5.74) is 1.84. The SMILES string of the molecule is O=c1[nH]c(CSc2nnc(NCC3CCCO3)s2)nc2scc(-c3ccccc3)c12. The van der Waals surface area contributed by atoms with Crippen LogP contribution < -0.4 is 10.9 Å².